The number of carbonyl (C=O) groups is 1. The predicted octanol–water partition coefficient (Wildman–Crippen LogP) is 3.19. The van der Waals surface area contributed by atoms with Gasteiger partial charge in [-0.3, -0.25) is 9.78 Å². The van der Waals surface area contributed by atoms with Crippen LogP contribution in [0.15, 0.2) is 53.9 Å². The molecule has 0 spiro atoms. The van der Waals surface area contributed by atoms with Gasteiger partial charge in [0.25, 0.3) is 5.91 Å². The fourth-order valence-electron chi connectivity index (χ4n) is 2.57. The molecule has 23 heavy (non-hydrogen) atoms. The first kappa shape index (κ1) is 15.6. The predicted molar refractivity (Wildman–Crippen MR) is 88.1 cm³/mol. The fourth-order valence-corrected chi connectivity index (χ4v) is 2.69. The van der Waals surface area contributed by atoms with Crippen LogP contribution in [0.3, 0.4) is 0 Å². The summed E-state index contributed by atoms with van der Waals surface area (Å²) in [6.45, 7) is 1.94. The van der Waals surface area contributed by atoms with E-state index in [1.54, 1.807) is 48.8 Å². The fraction of sp³-hybridized carbons (Fsp3) is 0.235. The number of pyridine rings is 1. The minimum Gasteiger partial charge on any atom is -0.365 e. The van der Waals surface area contributed by atoms with Crippen LogP contribution in [-0.2, 0) is 5.72 Å². The molecule has 1 aromatic heterocycles. The van der Waals surface area contributed by atoms with Crippen molar-refractivity contribution in [3.05, 3.63) is 64.9 Å². The Hall–Kier alpha value is -2.24. The molecule has 0 radical (unpaired) electrons. The van der Waals surface area contributed by atoms with E-state index in [9.17, 15) is 9.90 Å². The molecule has 1 N–H and O–H groups in total. The topological polar surface area (TPSA) is 65.8 Å². The SMILES string of the molecule is CCC1=NN(C(=O)c2ccc(Cl)cc2)[C@@](O)(c2cccnc2)C1. The second-order valence-electron chi connectivity index (χ2n) is 5.38. The molecule has 0 bridgehead atoms. The third-order valence-electron chi connectivity index (χ3n) is 3.86. The maximum atomic E-state index is 12.8. The number of aromatic nitrogens is 1. The molecule has 1 amide bonds. The normalized spacial score (nSPS) is 20.5. The van der Waals surface area contributed by atoms with Gasteiger partial charge in [0.15, 0.2) is 5.72 Å². The number of aliphatic hydroxyl groups is 1. The zero-order valence-electron chi connectivity index (χ0n) is 12.6. The molecule has 2 aromatic rings. The van der Waals surface area contributed by atoms with E-state index >= 15 is 0 Å². The molecule has 6 heteroatoms. The van der Waals surface area contributed by atoms with E-state index in [1.165, 1.54) is 0 Å². The van der Waals surface area contributed by atoms with E-state index in [1.807, 2.05) is 6.92 Å². The number of hydrazone groups is 1. The van der Waals surface area contributed by atoms with Crippen LogP contribution in [0.1, 0.15) is 35.7 Å². The summed E-state index contributed by atoms with van der Waals surface area (Å²) >= 11 is 5.86. The first-order valence-corrected chi connectivity index (χ1v) is 7.72. The summed E-state index contributed by atoms with van der Waals surface area (Å²) in [7, 11) is 0. The van der Waals surface area contributed by atoms with Gasteiger partial charge < -0.3 is 5.11 Å². The van der Waals surface area contributed by atoms with Crippen molar-refractivity contribution in [2.24, 2.45) is 5.10 Å². The maximum Gasteiger partial charge on any atom is 0.276 e. The van der Waals surface area contributed by atoms with Gasteiger partial charge in [0, 0.05) is 40.7 Å². The third kappa shape index (κ3) is 2.85. The van der Waals surface area contributed by atoms with Crippen molar-refractivity contribution in [2.45, 2.75) is 25.5 Å². The summed E-state index contributed by atoms with van der Waals surface area (Å²) in [4.78, 5) is 16.8. The molecular weight excluding hydrogens is 314 g/mol. The average Bonchev–Trinajstić information content (AvgIpc) is 2.94. The molecule has 3 rings (SSSR count). The zero-order chi connectivity index (χ0) is 16.4. The van der Waals surface area contributed by atoms with E-state index in [2.05, 4.69) is 10.1 Å². The second kappa shape index (κ2) is 6.10. The number of carbonyl (C=O) groups excluding carboxylic acids is 1. The lowest BCUT2D eigenvalue weighted by Gasteiger charge is -2.31. The maximum absolute atomic E-state index is 12.8. The Morgan fingerprint density at radius 3 is 2.70 bits per heavy atom. The summed E-state index contributed by atoms with van der Waals surface area (Å²) < 4.78 is 0. The van der Waals surface area contributed by atoms with Crippen molar-refractivity contribution >= 4 is 23.2 Å². The molecular formula is C17H16ClN3O2. The van der Waals surface area contributed by atoms with Gasteiger partial charge in [0.1, 0.15) is 0 Å². The Kier molecular flexibility index (Phi) is 4.15. The highest BCUT2D eigenvalue weighted by molar-refractivity contribution is 6.30. The van der Waals surface area contributed by atoms with E-state index in [-0.39, 0.29) is 12.3 Å². The molecule has 0 unspecified atom stereocenters. The van der Waals surface area contributed by atoms with E-state index in [0.29, 0.717) is 22.6 Å². The Morgan fingerprint density at radius 2 is 2.09 bits per heavy atom. The second-order valence-corrected chi connectivity index (χ2v) is 5.82. The summed E-state index contributed by atoms with van der Waals surface area (Å²) in [5.41, 5.74) is 0.196. The van der Waals surface area contributed by atoms with Crippen molar-refractivity contribution in [3.63, 3.8) is 0 Å². The Bertz CT molecular complexity index is 746. The number of halogens is 1. The van der Waals surface area contributed by atoms with Crippen LogP contribution < -0.4 is 0 Å². The van der Waals surface area contributed by atoms with Gasteiger partial charge in [0.2, 0.25) is 0 Å². The van der Waals surface area contributed by atoms with E-state index in [0.717, 1.165) is 10.7 Å². The van der Waals surface area contributed by atoms with Crippen LogP contribution in [-0.4, -0.2) is 26.7 Å². The lowest BCUT2D eigenvalue weighted by molar-refractivity contribution is -0.0767. The molecule has 0 fully saturated rings. The average molecular weight is 330 g/mol. The molecule has 5 nitrogen and oxygen atoms in total. The van der Waals surface area contributed by atoms with Crippen LogP contribution >= 0.6 is 11.6 Å². The number of hydrogen-bond acceptors (Lipinski definition) is 4. The minimum atomic E-state index is -1.52. The molecule has 2 heterocycles. The molecule has 0 saturated heterocycles. The smallest absolute Gasteiger partial charge is 0.276 e. The van der Waals surface area contributed by atoms with Gasteiger partial charge in [-0.25, -0.2) is 0 Å². The highest BCUT2D eigenvalue weighted by Gasteiger charge is 2.45. The molecule has 1 aromatic carbocycles. The standard InChI is InChI=1S/C17H16ClN3O2/c1-2-15-10-17(23,13-4-3-9-19-11-13)21(20-15)16(22)12-5-7-14(18)8-6-12/h3-9,11,23H,2,10H2,1H3/t17-/m0/s1. The van der Waals surface area contributed by atoms with Crippen molar-refractivity contribution < 1.29 is 9.90 Å². The highest BCUT2D eigenvalue weighted by atomic mass is 35.5. The first-order chi connectivity index (χ1) is 11.0. The first-order valence-electron chi connectivity index (χ1n) is 7.34. The summed E-state index contributed by atoms with van der Waals surface area (Å²) in [5.74, 6) is -0.378. The van der Waals surface area contributed by atoms with Crippen molar-refractivity contribution in [2.75, 3.05) is 0 Å². The number of benzene rings is 1. The lowest BCUT2D eigenvalue weighted by atomic mass is 9.97. The number of rotatable bonds is 3. The number of nitrogens with zero attached hydrogens (tertiary/aromatic N) is 3. The van der Waals surface area contributed by atoms with E-state index < -0.39 is 5.72 Å². The van der Waals surface area contributed by atoms with Gasteiger partial charge in [-0.15, -0.1) is 0 Å². The van der Waals surface area contributed by atoms with Gasteiger partial charge in [-0.2, -0.15) is 10.1 Å². The highest BCUT2D eigenvalue weighted by Crippen LogP contribution is 2.36. The Labute approximate surface area is 139 Å². The number of hydrogen-bond donors (Lipinski definition) is 1. The van der Waals surface area contributed by atoms with E-state index in [4.69, 9.17) is 11.6 Å². The van der Waals surface area contributed by atoms with Crippen molar-refractivity contribution in [1.29, 1.82) is 0 Å². The van der Waals surface area contributed by atoms with Crippen LogP contribution in [0, 0.1) is 0 Å². The summed E-state index contributed by atoms with van der Waals surface area (Å²) in [6.07, 6.45) is 4.10. The third-order valence-corrected chi connectivity index (χ3v) is 4.11. The Balaban J connectivity index is 2.01. The minimum absolute atomic E-state index is 0.272. The molecule has 0 aliphatic carbocycles. The van der Waals surface area contributed by atoms with Gasteiger partial charge in [-0.1, -0.05) is 24.6 Å². The summed E-state index contributed by atoms with van der Waals surface area (Å²) in [5, 5.41) is 17.1. The van der Waals surface area contributed by atoms with Gasteiger partial charge in [-0.05, 0) is 36.8 Å². The molecule has 1 aliphatic heterocycles. The van der Waals surface area contributed by atoms with Crippen molar-refractivity contribution in [3.8, 4) is 0 Å². The molecule has 1 aliphatic rings. The Morgan fingerprint density at radius 1 is 1.35 bits per heavy atom. The summed E-state index contributed by atoms with van der Waals surface area (Å²) in [6, 6.07) is 9.98. The lowest BCUT2D eigenvalue weighted by Crippen LogP contribution is -2.43. The molecule has 118 valence electrons. The molecule has 1 atom stereocenters. The largest absolute Gasteiger partial charge is 0.365 e. The van der Waals surface area contributed by atoms with Crippen LogP contribution in [0.2, 0.25) is 5.02 Å². The van der Waals surface area contributed by atoms with Crippen LogP contribution in [0.25, 0.3) is 0 Å². The van der Waals surface area contributed by atoms with Gasteiger partial charge in [0.05, 0.1) is 0 Å². The van der Waals surface area contributed by atoms with Crippen LogP contribution in [0.4, 0.5) is 0 Å². The van der Waals surface area contributed by atoms with Crippen LogP contribution in [0.5, 0.6) is 0 Å². The molecule has 0 saturated carbocycles. The van der Waals surface area contributed by atoms with Gasteiger partial charge >= 0.3 is 0 Å². The quantitative estimate of drug-likeness (QED) is 0.940. The van der Waals surface area contributed by atoms with Crippen molar-refractivity contribution in [1.82, 2.24) is 9.99 Å². The number of amides is 1. The zero-order valence-corrected chi connectivity index (χ0v) is 13.4. The monoisotopic (exact) mass is 329 g/mol.